The maximum Gasteiger partial charge on any atom is 0.119 e. The second-order valence-corrected chi connectivity index (χ2v) is 5.50. The summed E-state index contributed by atoms with van der Waals surface area (Å²) in [5.74, 6) is 1.70. The zero-order valence-electron chi connectivity index (χ0n) is 11.8. The van der Waals surface area contributed by atoms with Gasteiger partial charge in [-0.15, -0.1) is 0 Å². The van der Waals surface area contributed by atoms with E-state index in [1.54, 1.807) is 12.1 Å². The molecule has 3 nitrogen and oxygen atoms in total. The highest BCUT2D eigenvalue weighted by Crippen LogP contribution is 2.21. The van der Waals surface area contributed by atoms with Crippen LogP contribution in [-0.4, -0.2) is 30.6 Å². The van der Waals surface area contributed by atoms with Gasteiger partial charge in [-0.05, 0) is 56.5 Å². The van der Waals surface area contributed by atoms with Gasteiger partial charge in [0, 0.05) is 12.6 Å². The zero-order valence-corrected chi connectivity index (χ0v) is 11.8. The molecule has 19 heavy (non-hydrogen) atoms. The summed E-state index contributed by atoms with van der Waals surface area (Å²) in [7, 11) is 0. The Bertz CT molecular complexity index is 435. The van der Waals surface area contributed by atoms with Gasteiger partial charge in [0.25, 0.3) is 0 Å². The lowest BCUT2D eigenvalue weighted by Crippen LogP contribution is -2.42. The maximum atomic E-state index is 8.73. The molecular weight excluding hydrogens is 236 g/mol. The van der Waals surface area contributed by atoms with Crippen LogP contribution in [0.3, 0.4) is 0 Å². The van der Waals surface area contributed by atoms with E-state index >= 15 is 0 Å². The third-order valence-electron chi connectivity index (χ3n) is 3.91. The van der Waals surface area contributed by atoms with Crippen LogP contribution >= 0.6 is 0 Å². The summed E-state index contributed by atoms with van der Waals surface area (Å²) >= 11 is 0. The summed E-state index contributed by atoms with van der Waals surface area (Å²) in [5, 5.41) is 8.73. The SMILES string of the molecule is CC1CCN(CCOc2ccc(C#N)cc2)C(C)C1. The smallest absolute Gasteiger partial charge is 0.119 e. The van der Waals surface area contributed by atoms with Crippen LogP contribution in [0.25, 0.3) is 0 Å². The molecule has 0 saturated carbocycles. The number of piperidine rings is 1. The Morgan fingerprint density at radius 2 is 2.05 bits per heavy atom. The van der Waals surface area contributed by atoms with E-state index in [1.807, 2.05) is 12.1 Å². The molecule has 2 unspecified atom stereocenters. The van der Waals surface area contributed by atoms with Gasteiger partial charge in [-0.25, -0.2) is 0 Å². The number of nitrogens with zero attached hydrogens (tertiary/aromatic N) is 2. The van der Waals surface area contributed by atoms with E-state index in [0.717, 1.165) is 18.2 Å². The molecule has 0 aromatic heterocycles. The summed E-state index contributed by atoms with van der Waals surface area (Å²) in [6.45, 7) is 7.51. The molecule has 0 amide bonds. The predicted octanol–water partition coefficient (Wildman–Crippen LogP) is 3.06. The number of ether oxygens (including phenoxy) is 1. The highest BCUT2D eigenvalue weighted by molar-refractivity contribution is 5.34. The molecule has 1 aliphatic rings. The summed E-state index contributed by atoms with van der Waals surface area (Å²) in [5.41, 5.74) is 0.672. The van der Waals surface area contributed by atoms with Crippen LogP contribution < -0.4 is 4.74 Å². The van der Waals surface area contributed by atoms with Crippen LogP contribution in [0.15, 0.2) is 24.3 Å². The van der Waals surface area contributed by atoms with E-state index in [4.69, 9.17) is 10.00 Å². The monoisotopic (exact) mass is 258 g/mol. The van der Waals surface area contributed by atoms with Gasteiger partial charge in [-0.2, -0.15) is 5.26 Å². The van der Waals surface area contributed by atoms with Gasteiger partial charge in [-0.1, -0.05) is 6.92 Å². The summed E-state index contributed by atoms with van der Waals surface area (Å²) < 4.78 is 5.73. The van der Waals surface area contributed by atoms with Crippen LogP contribution in [0.5, 0.6) is 5.75 Å². The van der Waals surface area contributed by atoms with Crippen molar-refractivity contribution in [2.24, 2.45) is 5.92 Å². The van der Waals surface area contributed by atoms with E-state index in [-0.39, 0.29) is 0 Å². The van der Waals surface area contributed by atoms with Crippen LogP contribution in [0.1, 0.15) is 32.3 Å². The molecule has 0 aliphatic carbocycles. The van der Waals surface area contributed by atoms with Crippen molar-refractivity contribution in [3.05, 3.63) is 29.8 Å². The van der Waals surface area contributed by atoms with E-state index in [0.29, 0.717) is 18.2 Å². The van der Waals surface area contributed by atoms with Crippen molar-refractivity contribution in [2.45, 2.75) is 32.7 Å². The lowest BCUT2D eigenvalue weighted by molar-refractivity contribution is 0.109. The summed E-state index contributed by atoms with van der Waals surface area (Å²) in [4.78, 5) is 2.50. The second-order valence-electron chi connectivity index (χ2n) is 5.50. The number of likely N-dealkylation sites (tertiary alicyclic amines) is 1. The minimum Gasteiger partial charge on any atom is -0.492 e. The molecule has 2 rings (SSSR count). The van der Waals surface area contributed by atoms with Gasteiger partial charge in [-0.3, -0.25) is 4.90 Å². The van der Waals surface area contributed by atoms with Crippen LogP contribution in [-0.2, 0) is 0 Å². The van der Waals surface area contributed by atoms with E-state index in [9.17, 15) is 0 Å². The molecule has 1 aromatic carbocycles. The fourth-order valence-corrected chi connectivity index (χ4v) is 2.69. The second kappa shape index (κ2) is 6.58. The molecule has 0 N–H and O–H groups in total. The van der Waals surface area contributed by atoms with Crippen LogP contribution in [0.2, 0.25) is 0 Å². The summed E-state index contributed by atoms with van der Waals surface area (Å²) in [6, 6.07) is 10.1. The number of hydrogen-bond donors (Lipinski definition) is 0. The normalized spacial score (nSPS) is 23.8. The minimum atomic E-state index is 0.660. The first kappa shape index (κ1) is 13.9. The van der Waals surface area contributed by atoms with Gasteiger partial charge in [0.2, 0.25) is 0 Å². The molecular formula is C16H22N2O. The average molecular weight is 258 g/mol. The van der Waals surface area contributed by atoms with E-state index in [1.165, 1.54) is 19.4 Å². The average Bonchev–Trinajstić information content (AvgIpc) is 2.42. The van der Waals surface area contributed by atoms with Gasteiger partial charge in [0.05, 0.1) is 11.6 Å². The first-order valence-electron chi connectivity index (χ1n) is 7.06. The van der Waals surface area contributed by atoms with Gasteiger partial charge in [0.15, 0.2) is 0 Å². The predicted molar refractivity (Wildman–Crippen MR) is 76.1 cm³/mol. The van der Waals surface area contributed by atoms with Crippen molar-refractivity contribution >= 4 is 0 Å². The number of rotatable bonds is 4. The molecule has 1 aliphatic heterocycles. The van der Waals surface area contributed by atoms with Gasteiger partial charge < -0.3 is 4.74 Å². The number of benzene rings is 1. The Kier molecular flexibility index (Phi) is 4.81. The Labute approximate surface area is 115 Å². The fraction of sp³-hybridized carbons (Fsp3) is 0.562. The molecule has 102 valence electrons. The third kappa shape index (κ3) is 3.97. The lowest BCUT2D eigenvalue weighted by atomic mass is 9.93. The van der Waals surface area contributed by atoms with Crippen molar-refractivity contribution < 1.29 is 4.74 Å². The minimum absolute atomic E-state index is 0.660. The third-order valence-corrected chi connectivity index (χ3v) is 3.91. The first-order valence-corrected chi connectivity index (χ1v) is 7.06. The Morgan fingerprint density at radius 1 is 1.32 bits per heavy atom. The number of hydrogen-bond acceptors (Lipinski definition) is 3. The first-order chi connectivity index (χ1) is 9.19. The largest absolute Gasteiger partial charge is 0.492 e. The molecule has 1 saturated heterocycles. The van der Waals surface area contributed by atoms with Crippen LogP contribution in [0, 0.1) is 17.2 Å². The van der Waals surface area contributed by atoms with Crippen molar-refractivity contribution in [3.63, 3.8) is 0 Å². The van der Waals surface area contributed by atoms with Crippen molar-refractivity contribution in [1.29, 1.82) is 5.26 Å². The molecule has 3 heteroatoms. The highest BCUT2D eigenvalue weighted by Gasteiger charge is 2.22. The fourth-order valence-electron chi connectivity index (χ4n) is 2.69. The topological polar surface area (TPSA) is 36.3 Å². The Hall–Kier alpha value is -1.53. The molecule has 1 heterocycles. The maximum absolute atomic E-state index is 8.73. The van der Waals surface area contributed by atoms with Crippen molar-refractivity contribution in [1.82, 2.24) is 4.90 Å². The highest BCUT2D eigenvalue weighted by atomic mass is 16.5. The lowest BCUT2D eigenvalue weighted by Gasteiger charge is -2.36. The van der Waals surface area contributed by atoms with Crippen LogP contribution in [0.4, 0.5) is 0 Å². The Balaban J connectivity index is 1.75. The van der Waals surface area contributed by atoms with Gasteiger partial charge >= 0.3 is 0 Å². The molecule has 1 aromatic rings. The molecule has 0 bridgehead atoms. The molecule has 0 radical (unpaired) electrons. The quantitative estimate of drug-likeness (QED) is 0.832. The molecule has 2 atom stereocenters. The molecule has 0 spiro atoms. The zero-order chi connectivity index (χ0) is 13.7. The van der Waals surface area contributed by atoms with E-state index in [2.05, 4.69) is 24.8 Å². The van der Waals surface area contributed by atoms with Crippen molar-refractivity contribution in [3.8, 4) is 11.8 Å². The van der Waals surface area contributed by atoms with Gasteiger partial charge in [0.1, 0.15) is 12.4 Å². The Morgan fingerprint density at radius 3 is 2.68 bits per heavy atom. The number of nitriles is 1. The van der Waals surface area contributed by atoms with Crippen molar-refractivity contribution in [2.75, 3.05) is 19.7 Å². The molecule has 1 fully saturated rings. The van der Waals surface area contributed by atoms with E-state index < -0.39 is 0 Å². The summed E-state index contributed by atoms with van der Waals surface area (Å²) in [6.07, 6.45) is 2.58. The standard InChI is InChI=1S/C16H22N2O/c1-13-7-8-18(14(2)11-13)9-10-19-16-5-3-15(12-17)4-6-16/h3-6,13-14H,7-11H2,1-2H3.